The van der Waals surface area contributed by atoms with E-state index in [4.69, 9.17) is 15.0 Å². The third-order valence-electron chi connectivity index (χ3n) is 1.52. The van der Waals surface area contributed by atoms with Crippen LogP contribution in [-0.2, 0) is 11.8 Å². The summed E-state index contributed by atoms with van der Waals surface area (Å²) in [7, 11) is 1.59. The molecule has 0 aliphatic heterocycles. The van der Waals surface area contributed by atoms with Gasteiger partial charge in [-0.05, 0) is 6.92 Å². The molecule has 0 spiro atoms. The summed E-state index contributed by atoms with van der Waals surface area (Å²) in [5, 5.41) is 11.7. The lowest BCUT2D eigenvalue weighted by Crippen LogP contribution is -2.06. The summed E-state index contributed by atoms with van der Waals surface area (Å²) in [6.07, 6.45) is 0.635. The first-order valence-corrected chi connectivity index (χ1v) is 4.18. The third kappa shape index (κ3) is 3.86. The number of aldehydes is 1. The molecule has 0 aliphatic rings. The average Bonchev–Trinajstić information content (AvgIpc) is 2.61. The highest BCUT2D eigenvalue weighted by Gasteiger charge is 2.12. The van der Waals surface area contributed by atoms with Crippen molar-refractivity contribution in [1.29, 1.82) is 0 Å². The second-order valence-corrected chi connectivity index (χ2v) is 2.48. The van der Waals surface area contributed by atoms with Crippen LogP contribution in [0.3, 0.4) is 0 Å². The Morgan fingerprint density at radius 1 is 1.75 bits per heavy atom. The minimum absolute atomic E-state index is 0.159. The number of hydrogen-bond acceptors (Lipinski definition) is 6. The fraction of sp³-hybridized carbons (Fsp3) is 0.375. The fourth-order valence-corrected chi connectivity index (χ4v) is 0.897. The van der Waals surface area contributed by atoms with Gasteiger partial charge in [0.05, 0.1) is 6.61 Å². The molecule has 0 N–H and O–H groups in total. The van der Waals surface area contributed by atoms with Crippen LogP contribution in [0.4, 0.5) is 0 Å². The second kappa shape index (κ2) is 7.10. The van der Waals surface area contributed by atoms with Crippen LogP contribution in [0.15, 0.2) is 6.07 Å². The number of ether oxygens (including phenoxy) is 1. The fourth-order valence-electron chi connectivity index (χ4n) is 0.897. The normalized spacial score (nSPS) is 8.62. The Labute approximate surface area is 90.3 Å². The molecule has 0 amide bonds. The van der Waals surface area contributed by atoms with Crippen molar-refractivity contribution < 1.29 is 19.6 Å². The molecular weight excluding hydrogens is 220 g/mol. The van der Waals surface area contributed by atoms with E-state index in [9.17, 15) is 9.59 Å². The van der Waals surface area contributed by atoms with E-state index in [0.29, 0.717) is 18.6 Å². The molecule has 88 valence electrons. The quantitative estimate of drug-likeness (QED) is 0.223. The van der Waals surface area contributed by atoms with Gasteiger partial charge in [0, 0.05) is 13.1 Å². The topological polar surface area (TPSA) is 113 Å². The number of carbonyl (C=O) groups excluding carboxylic acids is 2. The number of aryl methyl sites for hydroxylation is 1. The van der Waals surface area contributed by atoms with Crippen LogP contribution < -0.4 is 5.26 Å². The molecule has 0 aromatic carbocycles. The highest BCUT2D eigenvalue weighted by Crippen LogP contribution is 2.02. The van der Waals surface area contributed by atoms with E-state index in [1.165, 1.54) is 10.7 Å². The Morgan fingerprint density at radius 2 is 2.31 bits per heavy atom. The summed E-state index contributed by atoms with van der Waals surface area (Å²) in [6.45, 7) is 2.01. The summed E-state index contributed by atoms with van der Waals surface area (Å²) >= 11 is 0. The van der Waals surface area contributed by atoms with Gasteiger partial charge in [0.25, 0.3) is 0 Å². The van der Waals surface area contributed by atoms with Gasteiger partial charge in [0.15, 0.2) is 16.7 Å². The van der Waals surface area contributed by atoms with Gasteiger partial charge >= 0.3 is 5.97 Å². The molecule has 8 nitrogen and oxygen atoms in total. The molecule has 1 aromatic heterocycles. The number of nitrogens with zero attached hydrogens (tertiary/aromatic N) is 2. The zero-order chi connectivity index (χ0) is 12.6. The van der Waals surface area contributed by atoms with Gasteiger partial charge in [-0.25, -0.2) is 4.79 Å². The first-order valence-electron chi connectivity index (χ1n) is 4.18. The summed E-state index contributed by atoms with van der Waals surface area (Å²) in [6, 6.07) is 1.39. The molecule has 1 aromatic rings. The predicted octanol–water partition coefficient (Wildman–Crippen LogP) is -0.713. The SMILES string of the molecule is CCOC(=O)c1cc(C=O)n(C)n1.O=[O+][O-]. The van der Waals surface area contributed by atoms with E-state index in [0.717, 1.165) is 0 Å². The highest BCUT2D eigenvalue weighted by atomic mass is 17.2. The van der Waals surface area contributed by atoms with Crippen molar-refractivity contribution in [3.63, 3.8) is 0 Å². The smallest absolute Gasteiger partial charge is 0.358 e. The number of esters is 1. The van der Waals surface area contributed by atoms with Crippen LogP contribution in [-0.4, -0.2) is 28.6 Å². The lowest BCUT2D eigenvalue weighted by atomic mass is 10.4. The Balaban J connectivity index is 0.000000673. The van der Waals surface area contributed by atoms with Crippen molar-refractivity contribution in [2.24, 2.45) is 7.05 Å². The molecule has 1 heterocycles. The van der Waals surface area contributed by atoms with E-state index in [-0.39, 0.29) is 5.69 Å². The minimum atomic E-state index is -0.508. The number of hydrogen-bond donors (Lipinski definition) is 0. The van der Waals surface area contributed by atoms with Crippen molar-refractivity contribution in [3.8, 4) is 0 Å². The zero-order valence-corrected chi connectivity index (χ0v) is 8.71. The van der Waals surface area contributed by atoms with E-state index in [2.05, 4.69) is 5.10 Å². The van der Waals surface area contributed by atoms with Crippen molar-refractivity contribution in [2.45, 2.75) is 6.92 Å². The van der Waals surface area contributed by atoms with Crippen LogP contribution in [0, 0.1) is 9.71 Å². The maximum atomic E-state index is 11.1. The van der Waals surface area contributed by atoms with E-state index >= 15 is 0 Å². The first-order chi connectivity index (χ1) is 7.60. The molecule has 0 fully saturated rings. The molecule has 8 heteroatoms. The third-order valence-corrected chi connectivity index (χ3v) is 1.52. The van der Waals surface area contributed by atoms with Crippen LogP contribution in [0.5, 0.6) is 0 Å². The van der Waals surface area contributed by atoms with E-state index < -0.39 is 5.97 Å². The maximum Gasteiger partial charge on any atom is 0.358 e. The average molecular weight is 230 g/mol. The molecule has 0 unspecified atom stereocenters. The summed E-state index contributed by atoms with van der Waals surface area (Å²) in [4.78, 5) is 29.4. The summed E-state index contributed by atoms with van der Waals surface area (Å²) in [5.41, 5.74) is 0.509. The van der Waals surface area contributed by atoms with Gasteiger partial charge in [0.2, 0.25) is 0 Å². The Bertz CT molecular complexity index is 373. The first kappa shape index (κ1) is 13.8. The van der Waals surface area contributed by atoms with Gasteiger partial charge in [-0.1, -0.05) is 10.2 Å². The van der Waals surface area contributed by atoms with Crippen LogP contribution >= 0.6 is 0 Å². The molecule has 0 aliphatic carbocycles. The van der Waals surface area contributed by atoms with Crippen molar-refractivity contribution in [3.05, 3.63) is 27.2 Å². The minimum Gasteiger partial charge on any atom is -0.461 e. The van der Waals surface area contributed by atoms with Crippen molar-refractivity contribution in [2.75, 3.05) is 6.61 Å². The summed E-state index contributed by atoms with van der Waals surface area (Å²) in [5.74, 6) is -0.508. The van der Waals surface area contributed by atoms with Gasteiger partial charge < -0.3 is 4.74 Å². The van der Waals surface area contributed by atoms with Gasteiger partial charge in [-0.3, -0.25) is 9.48 Å². The molecule has 0 saturated heterocycles. The van der Waals surface area contributed by atoms with E-state index in [1.54, 1.807) is 18.7 Å². The Morgan fingerprint density at radius 3 is 2.69 bits per heavy atom. The Kier molecular flexibility index (Phi) is 6.10. The molecule has 16 heavy (non-hydrogen) atoms. The van der Waals surface area contributed by atoms with Crippen LogP contribution in [0.25, 0.3) is 0 Å². The lowest BCUT2D eigenvalue weighted by molar-refractivity contribution is -0.284. The summed E-state index contributed by atoms with van der Waals surface area (Å²) < 4.78 is 7.79. The molecule has 0 atom stereocenters. The largest absolute Gasteiger partial charge is 0.461 e. The molecule has 1 rings (SSSR count). The number of rotatable bonds is 3. The number of carbonyl (C=O) groups is 2. The molecule has 0 bridgehead atoms. The lowest BCUT2D eigenvalue weighted by Gasteiger charge is -1.95. The predicted molar refractivity (Wildman–Crippen MR) is 51.3 cm³/mol. The second-order valence-electron chi connectivity index (χ2n) is 2.48. The standard InChI is InChI=1S/C8H10N2O3.O3/c1-3-13-8(12)7-4-6(5-11)10(2)9-7;1-3-2/h4-5H,3H2,1-2H3;. The molecular formula is C8H10N2O6. The van der Waals surface area contributed by atoms with Crippen molar-refractivity contribution >= 4 is 12.3 Å². The van der Waals surface area contributed by atoms with Gasteiger partial charge in [-0.15, -0.1) is 0 Å². The monoisotopic (exact) mass is 230 g/mol. The number of aromatic nitrogens is 2. The maximum absolute atomic E-state index is 11.1. The van der Waals surface area contributed by atoms with E-state index in [1.807, 2.05) is 0 Å². The Hall–Kier alpha value is -2.25. The molecule has 0 saturated carbocycles. The van der Waals surface area contributed by atoms with Gasteiger partial charge in [0.1, 0.15) is 5.69 Å². The van der Waals surface area contributed by atoms with Crippen LogP contribution in [0.1, 0.15) is 27.9 Å². The molecule has 0 radical (unpaired) electrons. The van der Waals surface area contributed by atoms with Gasteiger partial charge in [-0.2, -0.15) is 5.10 Å². The highest BCUT2D eigenvalue weighted by molar-refractivity contribution is 5.89. The zero-order valence-electron chi connectivity index (χ0n) is 8.71. The van der Waals surface area contributed by atoms with Crippen molar-refractivity contribution in [1.82, 2.24) is 9.78 Å². The van der Waals surface area contributed by atoms with Crippen LogP contribution in [0.2, 0.25) is 0 Å².